The highest BCUT2D eigenvalue weighted by Crippen LogP contribution is 2.32. The van der Waals surface area contributed by atoms with Crippen molar-refractivity contribution in [2.45, 2.75) is 43.7 Å². The van der Waals surface area contributed by atoms with Crippen molar-refractivity contribution >= 4 is 0 Å². The summed E-state index contributed by atoms with van der Waals surface area (Å²) < 4.78 is 5.40. The Morgan fingerprint density at radius 1 is 1.24 bits per heavy atom. The van der Waals surface area contributed by atoms with Crippen molar-refractivity contribution in [3.63, 3.8) is 0 Å². The van der Waals surface area contributed by atoms with Gasteiger partial charge in [0.25, 0.3) is 0 Å². The molecule has 1 aliphatic carbocycles. The summed E-state index contributed by atoms with van der Waals surface area (Å²) in [6.45, 7) is 0.596. The second kappa shape index (κ2) is 5.24. The summed E-state index contributed by atoms with van der Waals surface area (Å²) in [7, 11) is 0. The van der Waals surface area contributed by atoms with Crippen LogP contribution >= 0.6 is 0 Å². The van der Waals surface area contributed by atoms with Crippen molar-refractivity contribution < 1.29 is 9.63 Å². The molecule has 1 unspecified atom stereocenters. The van der Waals surface area contributed by atoms with Crippen LogP contribution in [0.2, 0.25) is 0 Å². The first kappa shape index (κ1) is 13.0. The van der Waals surface area contributed by atoms with Gasteiger partial charge in [0.05, 0.1) is 12.1 Å². The van der Waals surface area contributed by atoms with Crippen LogP contribution in [-0.2, 0) is 12.8 Å². The van der Waals surface area contributed by atoms with Crippen LogP contribution in [0, 0.1) is 0 Å². The Kier molecular flexibility index (Phi) is 3.24. The number of nitrogens with zero attached hydrogens (tertiary/aromatic N) is 2. The average molecular weight is 285 g/mol. The number of rotatable bonds is 2. The third-order valence-corrected chi connectivity index (χ3v) is 4.58. The van der Waals surface area contributed by atoms with Crippen molar-refractivity contribution in [2.24, 2.45) is 0 Å². The molecule has 5 heteroatoms. The molecule has 2 heterocycles. The van der Waals surface area contributed by atoms with Crippen molar-refractivity contribution in [3.05, 3.63) is 47.1 Å². The quantitative estimate of drug-likeness (QED) is 0.879. The topological polar surface area (TPSA) is 71.2 Å². The largest absolute Gasteiger partial charge is 0.392 e. The van der Waals surface area contributed by atoms with Gasteiger partial charge in [0, 0.05) is 12.5 Å². The number of aryl methyl sites for hydroxylation is 1. The number of β-amino-alcohol motifs (C(OH)–C–C–N with tert-alkyl or cyclic N) is 1. The van der Waals surface area contributed by atoms with Gasteiger partial charge in [0.1, 0.15) is 0 Å². The zero-order valence-electron chi connectivity index (χ0n) is 11.8. The predicted octanol–water partition coefficient (Wildman–Crippen LogP) is 1.74. The minimum atomic E-state index is -0.313. The molecule has 0 saturated carbocycles. The van der Waals surface area contributed by atoms with E-state index in [1.54, 1.807) is 0 Å². The number of nitrogens with one attached hydrogen (secondary N) is 1. The minimum absolute atomic E-state index is 0.00266. The zero-order valence-corrected chi connectivity index (χ0v) is 11.8. The van der Waals surface area contributed by atoms with Crippen LogP contribution in [0.5, 0.6) is 0 Å². The molecular weight excluding hydrogens is 266 g/mol. The van der Waals surface area contributed by atoms with E-state index in [1.807, 2.05) is 0 Å². The van der Waals surface area contributed by atoms with Gasteiger partial charge in [-0.05, 0) is 36.8 Å². The van der Waals surface area contributed by atoms with Crippen LogP contribution in [0.1, 0.15) is 47.6 Å². The fraction of sp³-hybridized carbons (Fsp3) is 0.500. The molecule has 5 nitrogen and oxygen atoms in total. The second-order valence-electron chi connectivity index (χ2n) is 6.05. The Morgan fingerprint density at radius 2 is 2.10 bits per heavy atom. The van der Waals surface area contributed by atoms with E-state index in [0.29, 0.717) is 24.8 Å². The smallest absolute Gasteiger partial charge is 0.243 e. The maximum absolute atomic E-state index is 9.57. The van der Waals surface area contributed by atoms with Crippen LogP contribution in [0.25, 0.3) is 0 Å². The molecule has 2 aliphatic rings. The molecule has 2 aromatic rings. The normalized spacial score (nSPS) is 28.5. The van der Waals surface area contributed by atoms with Crippen LogP contribution in [0.15, 0.2) is 28.8 Å². The van der Waals surface area contributed by atoms with E-state index in [0.717, 1.165) is 25.1 Å². The number of hydrogen-bond acceptors (Lipinski definition) is 5. The highest BCUT2D eigenvalue weighted by atomic mass is 16.5. The minimum Gasteiger partial charge on any atom is -0.392 e. The van der Waals surface area contributed by atoms with Gasteiger partial charge in [-0.1, -0.05) is 29.4 Å². The van der Waals surface area contributed by atoms with E-state index in [9.17, 15) is 5.11 Å². The van der Waals surface area contributed by atoms with E-state index in [4.69, 9.17) is 4.52 Å². The molecule has 21 heavy (non-hydrogen) atoms. The maximum atomic E-state index is 9.57. The molecule has 1 saturated heterocycles. The summed E-state index contributed by atoms with van der Waals surface area (Å²) in [6.07, 6.45) is 3.46. The third kappa shape index (κ3) is 2.47. The molecule has 2 N–H and O–H groups in total. The number of benzene rings is 1. The molecule has 110 valence electrons. The van der Waals surface area contributed by atoms with Gasteiger partial charge in [-0.3, -0.25) is 0 Å². The number of hydrogen-bond donors (Lipinski definition) is 2. The zero-order chi connectivity index (χ0) is 14.2. The number of fused-ring (bicyclic) bond motifs is 1. The fourth-order valence-electron chi connectivity index (χ4n) is 3.38. The van der Waals surface area contributed by atoms with Gasteiger partial charge in [-0.2, -0.15) is 4.98 Å². The lowest BCUT2D eigenvalue weighted by atomic mass is 9.83. The summed E-state index contributed by atoms with van der Waals surface area (Å²) in [5, 5.41) is 17.0. The SMILES string of the molecule is O[C@H]1CN[C@H](c2nc(C3CCc4ccccc4C3)no2)C1. The van der Waals surface area contributed by atoms with Gasteiger partial charge in [-0.15, -0.1) is 0 Å². The predicted molar refractivity (Wildman–Crippen MR) is 76.9 cm³/mol. The van der Waals surface area contributed by atoms with Crippen LogP contribution in [0.3, 0.4) is 0 Å². The lowest BCUT2D eigenvalue weighted by Gasteiger charge is -2.21. The highest BCUT2D eigenvalue weighted by molar-refractivity contribution is 5.31. The fourth-order valence-corrected chi connectivity index (χ4v) is 3.38. The molecule has 4 rings (SSSR count). The summed E-state index contributed by atoms with van der Waals surface area (Å²) in [5.41, 5.74) is 2.84. The highest BCUT2D eigenvalue weighted by Gasteiger charge is 2.30. The van der Waals surface area contributed by atoms with Crippen molar-refractivity contribution in [3.8, 4) is 0 Å². The van der Waals surface area contributed by atoms with Gasteiger partial charge >= 0.3 is 0 Å². The van der Waals surface area contributed by atoms with Crippen molar-refractivity contribution in [1.29, 1.82) is 0 Å². The molecule has 1 fully saturated rings. The monoisotopic (exact) mass is 285 g/mol. The van der Waals surface area contributed by atoms with E-state index in [1.165, 1.54) is 11.1 Å². The number of aliphatic hydroxyl groups is 1. The molecule has 1 aliphatic heterocycles. The molecule has 0 bridgehead atoms. The molecular formula is C16H19N3O2. The Balaban J connectivity index is 1.52. The van der Waals surface area contributed by atoms with E-state index >= 15 is 0 Å². The summed E-state index contributed by atoms with van der Waals surface area (Å²) in [4.78, 5) is 4.57. The Hall–Kier alpha value is -1.72. The number of aliphatic hydroxyl groups excluding tert-OH is 1. The van der Waals surface area contributed by atoms with Gasteiger partial charge in [0.15, 0.2) is 5.82 Å². The van der Waals surface area contributed by atoms with E-state index < -0.39 is 0 Å². The van der Waals surface area contributed by atoms with Crippen LogP contribution in [0.4, 0.5) is 0 Å². The van der Waals surface area contributed by atoms with Crippen LogP contribution < -0.4 is 5.32 Å². The average Bonchev–Trinajstić information content (AvgIpc) is 3.15. The standard InChI is InChI=1S/C16H19N3O2/c20-13-8-14(17-9-13)16-18-15(19-21-16)12-6-5-10-3-1-2-4-11(10)7-12/h1-4,12-14,17,20H,5-9H2/t12?,13-,14+/m1/s1. The van der Waals surface area contributed by atoms with E-state index in [2.05, 4.69) is 39.7 Å². The Labute approximate surface area is 123 Å². The number of aromatic nitrogens is 2. The lowest BCUT2D eigenvalue weighted by Crippen LogP contribution is -2.16. The first-order valence-corrected chi connectivity index (χ1v) is 7.61. The Bertz CT molecular complexity index is 640. The van der Waals surface area contributed by atoms with Crippen LogP contribution in [-0.4, -0.2) is 27.9 Å². The lowest BCUT2D eigenvalue weighted by molar-refractivity contribution is 0.191. The summed E-state index contributed by atoms with van der Waals surface area (Å²) >= 11 is 0. The molecule has 1 aromatic carbocycles. The summed E-state index contributed by atoms with van der Waals surface area (Å²) in [6, 6.07) is 8.58. The van der Waals surface area contributed by atoms with E-state index in [-0.39, 0.29) is 12.1 Å². The van der Waals surface area contributed by atoms with Gasteiger partial charge in [-0.25, -0.2) is 0 Å². The third-order valence-electron chi connectivity index (χ3n) is 4.58. The Morgan fingerprint density at radius 3 is 2.90 bits per heavy atom. The molecule has 3 atom stereocenters. The maximum Gasteiger partial charge on any atom is 0.243 e. The summed E-state index contributed by atoms with van der Waals surface area (Å²) in [5.74, 6) is 1.76. The molecule has 0 spiro atoms. The first-order valence-electron chi connectivity index (χ1n) is 7.61. The second-order valence-corrected chi connectivity index (χ2v) is 6.05. The molecule has 0 radical (unpaired) electrons. The van der Waals surface area contributed by atoms with Crippen molar-refractivity contribution in [2.75, 3.05) is 6.54 Å². The van der Waals surface area contributed by atoms with Crippen molar-refractivity contribution in [1.82, 2.24) is 15.5 Å². The van der Waals surface area contributed by atoms with Gasteiger partial charge in [0.2, 0.25) is 5.89 Å². The first-order chi connectivity index (χ1) is 10.3. The molecule has 0 amide bonds. The molecule has 1 aromatic heterocycles. The van der Waals surface area contributed by atoms with Gasteiger partial charge < -0.3 is 14.9 Å².